The summed E-state index contributed by atoms with van der Waals surface area (Å²) in [6.07, 6.45) is 2.77. The quantitative estimate of drug-likeness (QED) is 0.329. The summed E-state index contributed by atoms with van der Waals surface area (Å²) in [5.74, 6) is 5.10. The molecule has 0 aromatic carbocycles. The molecule has 0 aliphatic carbocycles. The number of rotatable bonds is 5. The Morgan fingerprint density at radius 2 is 2.27 bits per heavy atom. The number of nitrogens with one attached hydrogen (secondary N) is 2. The lowest BCUT2D eigenvalue weighted by molar-refractivity contribution is 0.0778. The molecule has 3 rings (SSSR count). The molecule has 2 aliphatic rings. The van der Waals surface area contributed by atoms with Gasteiger partial charge in [-0.2, -0.15) is 11.8 Å². The number of halogens is 1. The van der Waals surface area contributed by atoms with Crippen molar-refractivity contribution in [2.24, 2.45) is 4.99 Å². The Bertz CT molecular complexity index is 614. The van der Waals surface area contributed by atoms with Crippen LogP contribution < -0.4 is 10.6 Å². The Balaban J connectivity index is 0.00000243. The van der Waals surface area contributed by atoms with E-state index in [0.717, 1.165) is 61.5 Å². The minimum absolute atomic E-state index is 0. The molecule has 0 radical (unpaired) electrons. The summed E-state index contributed by atoms with van der Waals surface area (Å²) in [6, 6.07) is 0.298. The van der Waals surface area contributed by atoms with Crippen LogP contribution in [-0.2, 0) is 13.0 Å². The number of hydrogen-bond acceptors (Lipinski definition) is 5. The summed E-state index contributed by atoms with van der Waals surface area (Å²) < 4.78 is 2.25. The molecule has 1 aromatic rings. The van der Waals surface area contributed by atoms with Gasteiger partial charge in [0.15, 0.2) is 5.96 Å². The van der Waals surface area contributed by atoms with E-state index >= 15 is 0 Å². The smallest absolute Gasteiger partial charge is 0.191 e. The molecular weight excluding hydrogens is 463 g/mol. The molecular formula is C17H31IN6OS. The van der Waals surface area contributed by atoms with Crippen LogP contribution in [0.3, 0.4) is 0 Å². The van der Waals surface area contributed by atoms with Gasteiger partial charge in [0, 0.05) is 37.2 Å². The van der Waals surface area contributed by atoms with Gasteiger partial charge < -0.3 is 20.3 Å². The largest absolute Gasteiger partial charge is 0.387 e. The van der Waals surface area contributed by atoms with Gasteiger partial charge in [-0.05, 0) is 25.5 Å². The number of thioether (sulfide) groups is 1. The minimum Gasteiger partial charge on any atom is -0.387 e. The summed E-state index contributed by atoms with van der Waals surface area (Å²) in [5, 5.41) is 26.0. The highest BCUT2D eigenvalue weighted by atomic mass is 127. The number of fused-ring (bicyclic) bond motifs is 1. The first-order valence-electron chi connectivity index (χ1n) is 9.27. The number of guanidine groups is 1. The van der Waals surface area contributed by atoms with Gasteiger partial charge in [-0.15, -0.1) is 34.2 Å². The SMILES string of the molecule is CCNC(=NCC1(O)CCSC1)NC1CCc2nnc(C(C)C)n2C1.I. The number of hydrogen-bond donors (Lipinski definition) is 3. The van der Waals surface area contributed by atoms with E-state index in [1.165, 1.54) is 0 Å². The van der Waals surface area contributed by atoms with E-state index in [4.69, 9.17) is 0 Å². The Labute approximate surface area is 177 Å². The van der Waals surface area contributed by atoms with Crippen LogP contribution in [0.25, 0.3) is 0 Å². The van der Waals surface area contributed by atoms with Gasteiger partial charge in [0.05, 0.1) is 12.1 Å². The molecule has 1 saturated heterocycles. The maximum atomic E-state index is 10.5. The average molecular weight is 494 g/mol. The standard InChI is InChI=1S/C17H30N6OS.HI/c1-4-18-16(19-10-17(24)7-8-25-11-17)20-13-5-6-14-21-22-15(12(2)3)23(14)9-13;/h12-13,24H,4-11H2,1-3H3,(H2,18,19,20);1H. The van der Waals surface area contributed by atoms with E-state index in [2.05, 4.69) is 51.2 Å². The van der Waals surface area contributed by atoms with Crippen LogP contribution in [0.1, 0.15) is 51.2 Å². The lowest BCUT2D eigenvalue weighted by atomic mass is 10.0. The Hall–Kier alpha value is -0.550. The molecule has 2 aliphatic heterocycles. The number of aromatic nitrogens is 3. The molecule has 0 spiro atoms. The predicted molar refractivity (Wildman–Crippen MR) is 118 cm³/mol. The zero-order valence-electron chi connectivity index (χ0n) is 15.9. The van der Waals surface area contributed by atoms with E-state index < -0.39 is 5.60 Å². The molecule has 2 unspecified atom stereocenters. The average Bonchev–Trinajstić information content (AvgIpc) is 3.19. The van der Waals surface area contributed by atoms with Crippen molar-refractivity contribution >= 4 is 41.7 Å². The molecule has 1 aromatic heterocycles. The Morgan fingerprint density at radius 3 is 2.92 bits per heavy atom. The molecule has 9 heteroatoms. The van der Waals surface area contributed by atoms with Crippen molar-refractivity contribution in [1.29, 1.82) is 0 Å². The molecule has 7 nitrogen and oxygen atoms in total. The highest BCUT2D eigenvalue weighted by Crippen LogP contribution is 2.28. The van der Waals surface area contributed by atoms with E-state index in [9.17, 15) is 5.11 Å². The lowest BCUT2D eigenvalue weighted by Gasteiger charge is -2.28. The van der Waals surface area contributed by atoms with Gasteiger partial charge in [-0.3, -0.25) is 4.99 Å². The van der Waals surface area contributed by atoms with Gasteiger partial charge in [0.25, 0.3) is 0 Å². The second-order valence-electron chi connectivity index (χ2n) is 7.34. The summed E-state index contributed by atoms with van der Waals surface area (Å²) in [6.45, 7) is 8.49. The number of nitrogens with zero attached hydrogens (tertiary/aromatic N) is 4. The fourth-order valence-electron chi connectivity index (χ4n) is 3.35. The van der Waals surface area contributed by atoms with Crippen LogP contribution in [0.4, 0.5) is 0 Å². The van der Waals surface area contributed by atoms with Crippen LogP contribution in [0.2, 0.25) is 0 Å². The third kappa shape index (κ3) is 5.25. The topological polar surface area (TPSA) is 87.4 Å². The summed E-state index contributed by atoms with van der Waals surface area (Å²) >= 11 is 1.80. The fourth-order valence-corrected chi connectivity index (χ4v) is 4.64. The van der Waals surface area contributed by atoms with Gasteiger partial charge >= 0.3 is 0 Å². The fraction of sp³-hybridized carbons (Fsp3) is 0.824. The maximum absolute atomic E-state index is 10.5. The van der Waals surface area contributed by atoms with Gasteiger partial charge in [0.2, 0.25) is 0 Å². The molecule has 1 fully saturated rings. The monoisotopic (exact) mass is 494 g/mol. The lowest BCUT2D eigenvalue weighted by Crippen LogP contribution is -2.48. The molecule has 3 N–H and O–H groups in total. The Kier molecular flexibility index (Phi) is 8.02. The van der Waals surface area contributed by atoms with E-state index in [1.807, 2.05) is 0 Å². The molecule has 0 amide bonds. The maximum Gasteiger partial charge on any atom is 0.191 e. The van der Waals surface area contributed by atoms with Crippen LogP contribution in [-0.4, -0.2) is 62.1 Å². The van der Waals surface area contributed by atoms with Crippen LogP contribution in [0.5, 0.6) is 0 Å². The zero-order chi connectivity index (χ0) is 17.9. The molecule has 0 bridgehead atoms. The first-order chi connectivity index (χ1) is 12.0. The van der Waals surface area contributed by atoms with Crippen molar-refractivity contribution in [3.8, 4) is 0 Å². The molecule has 2 atom stereocenters. The second-order valence-corrected chi connectivity index (χ2v) is 8.45. The number of aryl methyl sites for hydroxylation is 1. The summed E-state index contributed by atoms with van der Waals surface area (Å²) in [5.41, 5.74) is -0.647. The highest BCUT2D eigenvalue weighted by Gasteiger charge is 2.31. The summed E-state index contributed by atoms with van der Waals surface area (Å²) in [4.78, 5) is 4.65. The van der Waals surface area contributed by atoms with Crippen molar-refractivity contribution in [3.05, 3.63) is 11.6 Å². The zero-order valence-corrected chi connectivity index (χ0v) is 19.0. The van der Waals surface area contributed by atoms with Crippen molar-refractivity contribution < 1.29 is 5.11 Å². The van der Waals surface area contributed by atoms with E-state index in [-0.39, 0.29) is 24.0 Å². The molecule has 148 valence electrons. The van der Waals surface area contributed by atoms with Crippen LogP contribution in [0.15, 0.2) is 4.99 Å². The highest BCUT2D eigenvalue weighted by molar-refractivity contribution is 14.0. The minimum atomic E-state index is -0.647. The van der Waals surface area contributed by atoms with Gasteiger partial charge in [0.1, 0.15) is 11.6 Å². The Morgan fingerprint density at radius 1 is 1.46 bits per heavy atom. The first-order valence-corrected chi connectivity index (χ1v) is 10.4. The molecule has 26 heavy (non-hydrogen) atoms. The van der Waals surface area contributed by atoms with Gasteiger partial charge in [-0.25, -0.2) is 0 Å². The van der Waals surface area contributed by atoms with Crippen LogP contribution in [0, 0.1) is 0 Å². The third-order valence-corrected chi connectivity index (χ3v) is 6.03. The van der Waals surface area contributed by atoms with Crippen LogP contribution >= 0.6 is 35.7 Å². The van der Waals surface area contributed by atoms with E-state index in [0.29, 0.717) is 18.5 Å². The number of aliphatic hydroxyl groups is 1. The van der Waals surface area contributed by atoms with Crippen molar-refractivity contribution in [1.82, 2.24) is 25.4 Å². The molecule has 0 saturated carbocycles. The molecule has 3 heterocycles. The van der Waals surface area contributed by atoms with Crippen molar-refractivity contribution in [2.75, 3.05) is 24.6 Å². The third-order valence-electron chi connectivity index (χ3n) is 4.79. The normalized spacial score (nSPS) is 25.7. The number of aliphatic imine (C=N–C) groups is 1. The second kappa shape index (κ2) is 9.59. The predicted octanol–water partition coefficient (Wildman–Crippen LogP) is 1.76. The van der Waals surface area contributed by atoms with E-state index in [1.54, 1.807) is 11.8 Å². The summed E-state index contributed by atoms with van der Waals surface area (Å²) in [7, 11) is 0. The van der Waals surface area contributed by atoms with Crippen molar-refractivity contribution in [2.45, 2.75) is 64.1 Å². The van der Waals surface area contributed by atoms with Crippen molar-refractivity contribution in [3.63, 3.8) is 0 Å². The van der Waals surface area contributed by atoms with Gasteiger partial charge in [-0.1, -0.05) is 13.8 Å². The first kappa shape index (κ1) is 21.7.